The van der Waals surface area contributed by atoms with Crippen molar-refractivity contribution < 1.29 is 9.47 Å². The lowest BCUT2D eigenvalue weighted by molar-refractivity contribution is 0.436. The Morgan fingerprint density at radius 2 is 0.638 bits per heavy atom. The lowest BCUT2D eigenvalue weighted by atomic mass is 9.66. The summed E-state index contributed by atoms with van der Waals surface area (Å²) in [5.74, 6) is 3.02. The van der Waals surface area contributed by atoms with Crippen molar-refractivity contribution >= 4 is 110 Å². The maximum atomic E-state index is 8.01. The van der Waals surface area contributed by atoms with Crippen LogP contribution >= 0.6 is 0 Å². The molecule has 436 valence electrons. The van der Waals surface area contributed by atoms with Gasteiger partial charge in [-0.15, -0.1) is 0 Å². The summed E-state index contributed by atoms with van der Waals surface area (Å²) in [4.78, 5) is 17.4. The highest BCUT2D eigenvalue weighted by Crippen LogP contribution is 2.63. The van der Waals surface area contributed by atoms with Gasteiger partial charge in [0.05, 0.1) is 103 Å². The Labute approximate surface area is 537 Å². The molecule has 8 heterocycles. The van der Waals surface area contributed by atoms with Crippen LogP contribution in [0, 0.1) is 6.57 Å². The minimum Gasteiger partial charge on any atom is -0.457 e. The largest absolute Gasteiger partial charge is 0.457 e. The smallest absolute Gasteiger partial charge is 0.188 e. The average molecular weight is 1200 g/mol. The topological polar surface area (TPSA) is 71.6 Å². The van der Waals surface area contributed by atoms with E-state index in [9.17, 15) is 0 Å². The van der Waals surface area contributed by atoms with Gasteiger partial charge >= 0.3 is 0 Å². The van der Waals surface area contributed by atoms with E-state index in [2.05, 4.69) is 271 Å². The first-order chi connectivity index (χ1) is 46.6. The first kappa shape index (κ1) is 50.8. The number of rotatable bonds is 5. The van der Waals surface area contributed by atoms with E-state index in [1.165, 1.54) is 21.5 Å². The molecule has 0 N–H and O–H groups in total. The molecule has 21 rings (SSSR count). The van der Waals surface area contributed by atoms with Crippen LogP contribution < -0.4 is 14.4 Å². The van der Waals surface area contributed by atoms with Gasteiger partial charge in [0, 0.05) is 89.2 Å². The van der Waals surface area contributed by atoms with Gasteiger partial charge in [-0.3, -0.25) is 9.97 Å². The van der Waals surface area contributed by atoms with Crippen molar-refractivity contribution in [2.75, 3.05) is 4.90 Å². The van der Waals surface area contributed by atoms with Gasteiger partial charge in [0.25, 0.3) is 0 Å². The van der Waals surface area contributed by atoms with Crippen molar-refractivity contribution in [3.63, 3.8) is 0 Å². The molecule has 3 aliphatic rings. The van der Waals surface area contributed by atoms with Crippen LogP contribution in [0.4, 0.5) is 22.7 Å². The SMILES string of the molecule is [C-]#[N+]c1ccc2c(c1)c1ccccc1n2-c1ccc2c(c1)Oc1cc(-n3c4ccccc4c4cc(N5c6ccccc6Oc6ccccc65)ccc43)ccc1C21c2cc(-n3c4ccccc4c4ccccc43)cnc2-c2ncc(-n3c4ccccc4c4ccccc43)cc21. The predicted molar refractivity (Wildman–Crippen MR) is 378 cm³/mol. The molecule has 0 fully saturated rings. The molecule has 0 radical (unpaired) electrons. The summed E-state index contributed by atoms with van der Waals surface area (Å²) in [6.45, 7) is 8.01. The molecular formula is C84H48N8O2. The second-order valence-electron chi connectivity index (χ2n) is 24.7. The van der Waals surface area contributed by atoms with Gasteiger partial charge in [0.15, 0.2) is 17.2 Å². The lowest BCUT2D eigenvalue weighted by Gasteiger charge is -2.39. The van der Waals surface area contributed by atoms with Gasteiger partial charge in [-0.05, 0) is 121 Å². The van der Waals surface area contributed by atoms with E-state index in [0.29, 0.717) is 17.2 Å². The van der Waals surface area contributed by atoms with Crippen LogP contribution in [-0.4, -0.2) is 28.2 Å². The molecule has 0 saturated carbocycles. The van der Waals surface area contributed by atoms with E-state index in [1.54, 1.807) is 0 Å². The third-order valence-electron chi connectivity index (χ3n) is 20.1. The highest BCUT2D eigenvalue weighted by Gasteiger charge is 2.53. The second-order valence-corrected chi connectivity index (χ2v) is 24.7. The summed E-state index contributed by atoms with van der Waals surface area (Å²) in [6, 6.07) is 99.5. The van der Waals surface area contributed by atoms with E-state index < -0.39 is 5.41 Å². The van der Waals surface area contributed by atoms with Crippen LogP contribution in [-0.2, 0) is 5.41 Å². The normalized spacial score (nSPS) is 13.3. The molecule has 1 spiro atoms. The minimum absolute atomic E-state index is 0.595. The molecular weight excluding hydrogens is 1150 g/mol. The fraction of sp³-hybridized carbons (Fsp3) is 0.0119. The lowest BCUT2D eigenvalue weighted by Crippen LogP contribution is -2.32. The van der Waals surface area contributed by atoms with Crippen molar-refractivity contribution in [2.45, 2.75) is 5.41 Å². The van der Waals surface area contributed by atoms with Gasteiger partial charge in [0.1, 0.15) is 11.5 Å². The molecule has 10 heteroatoms. The number of benzene rings is 12. The molecule has 0 amide bonds. The minimum atomic E-state index is -1.06. The van der Waals surface area contributed by atoms with Crippen LogP contribution in [0.25, 0.3) is 126 Å². The van der Waals surface area contributed by atoms with Crippen LogP contribution in [0.15, 0.2) is 291 Å². The highest BCUT2D eigenvalue weighted by molar-refractivity contribution is 6.14. The Bertz CT molecular complexity index is 6120. The van der Waals surface area contributed by atoms with Gasteiger partial charge < -0.3 is 32.6 Å². The summed E-state index contributed by atoms with van der Waals surface area (Å²) >= 11 is 0. The molecule has 0 bridgehead atoms. The molecule has 12 aromatic carbocycles. The van der Waals surface area contributed by atoms with Crippen LogP contribution in [0.1, 0.15) is 22.3 Å². The Morgan fingerprint density at radius 3 is 1.09 bits per heavy atom. The number of pyridine rings is 2. The van der Waals surface area contributed by atoms with E-state index >= 15 is 0 Å². The van der Waals surface area contributed by atoms with Crippen LogP contribution in [0.2, 0.25) is 0 Å². The Morgan fingerprint density at radius 1 is 0.287 bits per heavy atom. The van der Waals surface area contributed by atoms with E-state index in [0.717, 1.165) is 151 Å². The Kier molecular flexibility index (Phi) is 10.2. The van der Waals surface area contributed by atoms with E-state index in [1.807, 2.05) is 48.8 Å². The molecule has 10 nitrogen and oxygen atoms in total. The molecule has 94 heavy (non-hydrogen) atoms. The summed E-state index contributed by atoms with van der Waals surface area (Å²) in [5.41, 5.74) is 20.3. The molecule has 0 atom stereocenters. The Balaban J connectivity index is 0.847. The number of para-hydroxylation sites is 10. The second kappa shape index (κ2) is 18.8. The average Bonchev–Trinajstić information content (AvgIpc) is 1.45. The first-order valence-electron chi connectivity index (χ1n) is 31.6. The van der Waals surface area contributed by atoms with Gasteiger partial charge in [-0.25, -0.2) is 4.85 Å². The monoisotopic (exact) mass is 1200 g/mol. The maximum absolute atomic E-state index is 8.01. The standard InChI is InChI=1S/C84H48N8O2/c1-85-50-34-40-74-62(42-50)60-22-6-12-28-72(60)88(74)52-35-38-64-80(46-52)94-81-47-53(89-73-29-13-7-23-61(73)63-43-51(37-41-75(63)89)90-76-30-14-16-32-78(76)93-79-33-17-15-31-77(79)90)36-39-65(81)84(64)66-44-54(91-68-24-8-2-18-56(68)57-19-3-9-25-69(57)91)48-86-82(66)83-67(84)45-55(49-87-83)92-70-26-10-4-20-58(70)59-21-5-11-27-71(59)92/h2-49H. The number of hydrogen-bond acceptors (Lipinski definition) is 5. The zero-order valence-electron chi connectivity index (χ0n) is 50.1. The van der Waals surface area contributed by atoms with Crippen molar-refractivity contribution in [3.8, 4) is 57.1 Å². The van der Waals surface area contributed by atoms with E-state index in [4.69, 9.17) is 26.0 Å². The number of anilines is 3. The third kappa shape index (κ3) is 6.75. The molecule has 0 saturated heterocycles. The summed E-state index contributed by atoms with van der Waals surface area (Å²) in [5, 5.41) is 9.00. The number of ether oxygens (including phenoxy) is 2. The number of hydrogen-bond donors (Lipinski definition) is 0. The van der Waals surface area contributed by atoms with Crippen LogP contribution in [0.5, 0.6) is 23.0 Å². The number of aromatic nitrogens is 6. The zero-order valence-corrected chi connectivity index (χ0v) is 50.1. The predicted octanol–water partition coefficient (Wildman–Crippen LogP) is 21.5. The van der Waals surface area contributed by atoms with E-state index in [-0.39, 0.29) is 0 Å². The van der Waals surface area contributed by atoms with Crippen molar-refractivity contribution in [2.24, 2.45) is 0 Å². The Hall–Kier alpha value is -13.0. The molecule has 2 aliphatic heterocycles. The fourth-order valence-electron chi connectivity index (χ4n) is 16.2. The van der Waals surface area contributed by atoms with Gasteiger partial charge in [0.2, 0.25) is 0 Å². The number of nitrogens with zero attached hydrogens (tertiary/aromatic N) is 8. The third-order valence-corrected chi connectivity index (χ3v) is 20.1. The maximum Gasteiger partial charge on any atom is 0.188 e. The highest BCUT2D eigenvalue weighted by atomic mass is 16.5. The van der Waals surface area contributed by atoms with Crippen LogP contribution in [0.3, 0.4) is 0 Å². The summed E-state index contributed by atoms with van der Waals surface area (Å²) in [6.07, 6.45) is 4.06. The fourth-order valence-corrected chi connectivity index (χ4v) is 16.2. The van der Waals surface area contributed by atoms with Gasteiger partial charge in [-0.2, -0.15) is 0 Å². The molecule has 6 aromatic heterocycles. The van der Waals surface area contributed by atoms with Crippen molar-refractivity contribution in [1.82, 2.24) is 28.2 Å². The van der Waals surface area contributed by atoms with Crippen molar-refractivity contribution in [1.29, 1.82) is 0 Å². The molecule has 18 aromatic rings. The summed E-state index contributed by atoms with van der Waals surface area (Å²) in [7, 11) is 0. The van der Waals surface area contributed by atoms with Crippen molar-refractivity contribution in [3.05, 3.63) is 325 Å². The number of fused-ring (bicyclic) bond motifs is 23. The first-order valence-corrected chi connectivity index (χ1v) is 31.6. The summed E-state index contributed by atoms with van der Waals surface area (Å²) < 4.78 is 23.6. The quantitative estimate of drug-likeness (QED) is 0.161. The molecule has 1 aliphatic carbocycles. The molecule has 0 unspecified atom stereocenters. The zero-order chi connectivity index (χ0) is 61.5. The van der Waals surface area contributed by atoms with Gasteiger partial charge in [-0.1, -0.05) is 152 Å².